The van der Waals surface area contributed by atoms with Gasteiger partial charge in [-0.15, -0.1) is 0 Å². The molecule has 0 spiro atoms. The first kappa shape index (κ1) is 14.9. The lowest BCUT2D eigenvalue weighted by Gasteiger charge is -2.07. The summed E-state index contributed by atoms with van der Waals surface area (Å²) in [5.41, 5.74) is 0.0526. The van der Waals surface area contributed by atoms with E-state index in [1.165, 1.54) is 18.2 Å². The Morgan fingerprint density at radius 2 is 1.95 bits per heavy atom. The average Bonchev–Trinajstić information content (AvgIpc) is 3.18. The van der Waals surface area contributed by atoms with Crippen LogP contribution in [0.3, 0.4) is 0 Å². The summed E-state index contributed by atoms with van der Waals surface area (Å²) in [4.78, 5) is 11.9. The predicted molar refractivity (Wildman–Crippen MR) is 73.4 cm³/mol. The fraction of sp³-hybridized carbons (Fsp3) is 0.533. The molecule has 1 aliphatic rings. The second-order valence-electron chi connectivity index (χ2n) is 5.13. The molecule has 0 heterocycles. The molecule has 0 bridgehead atoms. The molecule has 1 aromatic carbocycles. The number of rotatable bonds is 7. The molecule has 110 valence electrons. The van der Waals surface area contributed by atoms with Crippen molar-refractivity contribution < 1.29 is 13.6 Å². The van der Waals surface area contributed by atoms with Gasteiger partial charge >= 0.3 is 0 Å². The molecule has 1 fully saturated rings. The van der Waals surface area contributed by atoms with Crippen LogP contribution >= 0.6 is 0 Å². The van der Waals surface area contributed by atoms with E-state index in [2.05, 4.69) is 17.6 Å². The summed E-state index contributed by atoms with van der Waals surface area (Å²) in [5, 5.41) is 5.97. The van der Waals surface area contributed by atoms with Crippen LogP contribution in [0.1, 0.15) is 31.2 Å². The summed E-state index contributed by atoms with van der Waals surface area (Å²) in [6.45, 7) is 4.25. The Balaban J connectivity index is 1.81. The maximum Gasteiger partial charge on any atom is 0.223 e. The number of carbonyl (C=O) groups excluding carboxylic acids is 1. The van der Waals surface area contributed by atoms with E-state index < -0.39 is 11.6 Å². The van der Waals surface area contributed by atoms with Crippen molar-refractivity contribution in [2.24, 2.45) is 5.92 Å². The van der Waals surface area contributed by atoms with Gasteiger partial charge in [0.25, 0.3) is 0 Å². The summed E-state index contributed by atoms with van der Waals surface area (Å²) in [5.74, 6) is -1.85. The van der Waals surface area contributed by atoms with Gasteiger partial charge in [0.05, 0.1) is 0 Å². The summed E-state index contributed by atoms with van der Waals surface area (Å²) in [6.07, 6.45) is 1.57. The van der Waals surface area contributed by atoms with Gasteiger partial charge < -0.3 is 10.6 Å². The summed E-state index contributed by atoms with van der Waals surface area (Å²) in [7, 11) is 0. The lowest BCUT2D eigenvalue weighted by Crippen LogP contribution is -2.33. The molecule has 1 saturated carbocycles. The van der Waals surface area contributed by atoms with E-state index in [0.717, 1.165) is 13.0 Å². The van der Waals surface area contributed by atoms with Gasteiger partial charge in [0.1, 0.15) is 11.6 Å². The molecule has 2 N–H and O–H groups in total. The molecular formula is C15H20F2N2O. The predicted octanol–water partition coefficient (Wildman–Crippen LogP) is 2.18. The third-order valence-corrected chi connectivity index (χ3v) is 3.53. The van der Waals surface area contributed by atoms with Gasteiger partial charge in [0, 0.05) is 30.5 Å². The van der Waals surface area contributed by atoms with E-state index in [0.29, 0.717) is 19.5 Å². The lowest BCUT2D eigenvalue weighted by molar-refractivity contribution is -0.122. The standard InChI is InChI=1S/C15H20F2N2O/c1-2-6-18-7-8-19-15(20)11-9-10(11)14-12(16)4-3-5-13(14)17/h3-5,10-11,18H,2,6-9H2,1H3,(H,19,20). The zero-order chi connectivity index (χ0) is 14.5. The highest BCUT2D eigenvalue weighted by atomic mass is 19.1. The van der Waals surface area contributed by atoms with E-state index in [1.54, 1.807) is 0 Å². The van der Waals surface area contributed by atoms with Gasteiger partial charge in [0.15, 0.2) is 0 Å². The van der Waals surface area contributed by atoms with Crippen molar-refractivity contribution in [3.63, 3.8) is 0 Å². The summed E-state index contributed by atoms with van der Waals surface area (Å²) in [6, 6.07) is 3.81. The van der Waals surface area contributed by atoms with E-state index in [9.17, 15) is 13.6 Å². The molecule has 1 amide bonds. The van der Waals surface area contributed by atoms with Crippen LogP contribution in [0.4, 0.5) is 8.78 Å². The Labute approximate surface area is 117 Å². The molecule has 20 heavy (non-hydrogen) atoms. The van der Waals surface area contributed by atoms with Crippen molar-refractivity contribution in [3.8, 4) is 0 Å². The molecule has 1 aliphatic carbocycles. The highest BCUT2D eigenvalue weighted by Gasteiger charge is 2.46. The van der Waals surface area contributed by atoms with Crippen LogP contribution in [0.15, 0.2) is 18.2 Å². The van der Waals surface area contributed by atoms with Crippen molar-refractivity contribution >= 4 is 5.91 Å². The molecule has 0 aliphatic heterocycles. The van der Waals surface area contributed by atoms with Crippen LogP contribution < -0.4 is 10.6 Å². The number of nitrogens with one attached hydrogen (secondary N) is 2. The number of hydrogen-bond donors (Lipinski definition) is 2. The third kappa shape index (κ3) is 3.54. The molecule has 0 saturated heterocycles. The Kier molecular flexibility index (Phi) is 5.06. The van der Waals surface area contributed by atoms with Crippen molar-refractivity contribution in [2.45, 2.75) is 25.7 Å². The van der Waals surface area contributed by atoms with Crippen LogP contribution in [-0.2, 0) is 4.79 Å². The van der Waals surface area contributed by atoms with E-state index in [4.69, 9.17) is 0 Å². The molecule has 2 atom stereocenters. The second-order valence-corrected chi connectivity index (χ2v) is 5.13. The van der Waals surface area contributed by atoms with Crippen molar-refractivity contribution in [1.82, 2.24) is 10.6 Å². The molecule has 2 unspecified atom stereocenters. The molecule has 0 aromatic heterocycles. The van der Waals surface area contributed by atoms with Crippen LogP contribution in [-0.4, -0.2) is 25.5 Å². The van der Waals surface area contributed by atoms with E-state index in [-0.39, 0.29) is 23.3 Å². The van der Waals surface area contributed by atoms with Crippen LogP contribution in [0.2, 0.25) is 0 Å². The fourth-order valence-electron chi connectivity index (χ4n) is 2.38. The zero-order valence-electron chi connectivity index (χ0n) is 11.6. The minimum Gasteiger partial charge on any atom is -0.355 e. The number of carbonyl (C=O) groups is 1. The van der Waals surface area contributed by atoms with Gasteiger partial charge in [0.2, 0.25) is 5.91 Å². The average molecular weight is 282 g/mol. The Morgan fingerprint density at radius 1 is 1.25 bits per heavy atom. The molecule has 3 nitrogen and oxygen atoms in total. The Hall–Kier alpha value is -1.49. The first-order valence-corrected chi connectivity index (χ1v) is 7.07. The van der Waals surface area contributed by atoms with Gasteiger partial charge in [-0.2, -0.15) is 0 Å². The maximum absolute atomic E-state index is 13.6. The van der Waals surface area contributed by atoms with E-state index in [1.807, 2.05) is 0 Å². The van der Waals surface area contributed by atoms with E-state index >= 15 is 0 Å². The van der Waals surface area contributed by atoms with Crippen LogP contribution in [0, 0.1) is 17.6 Å². The Morgan fingerprint density at radius 3 is 2.60 bits per heavy atom. The second kappa shape index (κ2) is 6.79. The van der Waals surface area contributed by atoms with Gasteiger partial charge in [-0.3, -0.25) is 4.79 Å². The van der Waals surface area contributed by atoms with Crippen molar-refractivity contribution in [1.29, 1.82) is 0 Å². The van der Waals surface area contributed by atoms with Crippen LogP contribution in [0.25, 0.3) is 0 Å². The molecule has 1 aromatic rings. The molecular weight excluding hydrogens is 262 g/mol. The fourth-order valence-corrected chi connectivity index (χ4v) is 2.38. The highest BCUT2D eigenvalue weighted by molar-refractivity contribution is 5.82. The highest BCUT2D eigenvalue weighted by Crippen LogP contribution is 2.49. The normalized spacial score (nSPS) is 20.8. The minimum absolute atomic E-state index is 0.0526. The number of hydrogen-bond acceptors (Lipinski definition) is 2. The monoisotopic (exact) mass is 282 g/mol. The molecule has 0 radical (unpaired) electrons. The third-order valence-electron chi connectivity index (χ3n) is 3.53. The Bertz CT molecular complexity index is 459. The topological polar surface area (TPSA) is 41.1 Å². The lowest BCUT2D eigenvalue weighted by atomic mass is 10.1. The van der Waals surface area contributed by atoms with Gasteiger partial charge in [-0.05, 0) is 31.5 Å². The SMILES string of the molecule is CCCNCCNC(=O)C1CC1c1c(F)cccc1F. The molecule has 5 heteroatoms. The minimum atomic E-state index is -0.560. The number of benzene rings is 1. The van der Waals surface area contributed by atoms with Crippen LogP contribution in [0.5, 0.6) is 0 Å². The largest absolute Gasteiger partial charge is 0.355 e. The number of halogens is 2. The van der Waals surface area contributed by atoms with Gasteiger partial charge in [-0.1, -0.05) is 13.0 Å². The van der Waals surface area contributed by atoms with Crippen molar-refractivity contribution in [2.75, 3.05) is 19.6 Å². The quantitative estimate of drug-likeness (QED) is 0.753. The summed E-state index contributed by atoms with van der Waals surface area (Å²) >= 11 is 0. The smallest absolute Gasteiger partial charge is 0.223 e. The number of amides is 1. The molecule has 2 rings (SSSR count). The maximum atomic E-state index is 13.6. The first-order chi connectivity index (χ1) is 9.65. The zero-order valence-corrected chi connectivity index (χ0v) is 11.6. The first-order valence-electron chi connectivity index (χ1n) is 7.07. The summed E-state index contributed by atoms with van der Waals surface area (Å²) < 4.78 is 27.2. The van der Waals surface area contributed by atoms with Gasteiger partial charge in [-0.25, -0.2) is 8.78 Å². The van der Waals surface area contributed by atoms with Crippen molar-refractivity contribution in [3.05, 3.63) is 35.4 Å².